The van der Waals surface area contributed by atoms with Gasteiger partial charge < -0.3 is 0 Å². The summed E-state index contributed by atoms with van der Waals surface area (Å²) in [5, 5.41) is 0.687. The molecule has 1 saturated heterocycles. The fourth-order valence-corrected chi connectivity index (χ4v) is 4.85. The molecule has 0 unspecified atom stereocenters. The smallest absolute Gasteiger partial charge is 0.207 e. The van der Waals surface area contributed by atoms with Crippen LogP contribution in [0, 0.1) is 0 Å². The maximum Gasteiger partial charge on any atom is 0.243 e. The van der Waals surface area contributed by atoms with Gasteiger partial charge >= 0.3 is 0 Å². The third-order valence-corrected chi connectivity index (χ3v) is 6.66. The van der Waals surface area contributed by atoms with Crippen molar-refractivity contribution >= 4 is 21.6 Å². The van der Waals surface area contributed by atoms with E-state index in [2.05, 4.69) is 0 Å². The molecule has 0 radical (unpaired) electrons. The quantitative estimate of drug-likeness (QED) is 0.813. The average molecular weight is 350 g/mol. The van der Waals surface area contributed by atoms with Crippen LogP contribution in [0.25, 0.3) is 11.1 Å². The van der Waals surface area contributed by atoms with E-state index in [4.69, 9.17) is 11.6 Å². The second-order valence-electron chi connectivity index (χ2n) is 5.99. The number of benzene rings is 2. The Morgan fingerprint density at radius 2 is 1.52 bits per heavy atom. The van der Waals surface area contributed by atoms with Gasteiger partial charge in [0.25, 0.3) is 0 Å². The van der Waals surface area contributed by atoms with Crippen LogP contribution in [0.4, 0.5) is 0 Å². The van der Waals surface area contributed by atoms with E-state index in [1.165, 1.54) is 0 Å². The molecule has 2 aromatic rings. The molecule has 5 heteroatoms. The Kier molecular flexibility index (Phi) is 4.76. The maximum atomic E-state index is 12.8. The number of halogens is 1. The van der Waals surface area contributed by atoms with Gasteiger partial charge in [-0.15, -0.1) is 0 Å². The molecule has 2 aromatic carbocycles. The lowest BCUT2D eigenvalue weighted by Gasteiger charge is -2.32. The Morgan fingerprint density at radius 3 is 2.09 bits per heavy atom. The summed E-state index contributed by atoms with van der Waals surface area (Å²) in [6.07, 6.45) is 2.97. The van der Waals surface area contributed by atoms with Crippen molar-refractivity contribution in [1.29, 1.82) is 0 Å². The highest BCUT2D eigenvalue weighted by Gasteiger charge is 2.30. The van der Waals surface area contributed by atoms with Crippen LogP contribution in [0.1, 0.15) is 26.2 Å². The molecule has 23 heavy (non-hydrogen) atoms. The molecule has 3 rings (SSSR count). The first kappa shape index (κ1) is 16.5. The monoisotopic (exact) mass is 349 g/mol. The second kappa shape index (κ2) is 6.63. The summed E-state index contributed by atoms with van der Waals surface area (Å²) in [6.45, 7) is 2.60. The van der Waals surface area contributed by atoms with Crippen molar-refractivity contribution in [3.05, 3.63) is 53.6 Å². The third-order valence-electron chi connectivity index (χ3n) is 4.38. The zero-order chi connectivity index (χ0) is 16.4. The Labute approximate surface area is 142 Å². The van der Waals surface area contributed by atoms with E-state index in [9.17, 15) is 8.42 Å². The molecule has 1 fully saturated rings. The number of nitrogens with zero attached hydrogens (tertiary/aromatic N) is 1. The van der Waals surface area contributed by atoms with Crippen molar-refractivity contribution in [2.24, 2.45) is 0 Å². The van der Waals surface area contributed by atoms with Gasteiger partial charge in [-0.1, -0.05) is 42.3 Å². The molecule has 1 aliphatic heterocycles. The number of sulfonamides is 1. The van der Waals surface area contributed by atoms with Crippen LogP contribution in [-0.2, 0) is 10.0 Å². The summed E-state index contributed by atoms with van der Waals surface area (Å²) in [5.74, 6) is 0. The van der Waals surface area contributed by atoms with Gasteiger partial charge in [0, 0.05) is 17.6 Å². The molecule has 0 bridgehead atoms. The van der Waals surface area contributed by atoms with Crippen LogP contribution in [-0.4, -0.2) is 25.3 Å². The molecule has 0 amide bonds. The third kappa shape index (κ3) is 3.44. The van der Waals surface area contributed by atoms with Crippen molar-refractivity contribution < 1.29 is 8.42 Å². The molecule has 0 saturated carbocycles. The van der Waals surface area contributed by atoms with Crippen LogP contribution in [0.3, 0.4) is 0 Å². The van der Waals surface area contributed by atoms with E-state index in [0.29, 0.717) is 16.5 Å². The van der Waals surface area contributed by atoms with Crippen molar-refractivity contribution in [2.75, 3.05) is 6.54 Å². The van der Waals surface area contributed by atoms with Crippen molar-refractivity contribution in [3.8, 4) is 11.1 Å². The van der Waals surface area contributed by atoms with Gasteiger partial charge in [0.1, 0.15) is 0 Å². The number of hydrogen-bond donors (Lipinski definition) is 0. The molecule has 1 atom stereocenters. The summed E-state index contributed by atoms with van der Waals surface area (Å²) in [7, 11) is -3.40. The number of rotatable bonds is 3. The van der Waals surface area contributed by atoms with Crippen LogP contribution in [0.15, 0.2) is 53.4 Å². The van der Waals surface area contributed by atoms with E-state index in [0.717, 1.165) is 30.4 Å². The lowest BCUT2D eigenvalue weighted by Crippen LogP contribution is -2.41. The molecule has 0 N–H and O–H groups in total. The zero-order valence-electron chi connectivity index (χ0n) is 13.1. The summed E-state index contributed by atoms with van der Waals surface area (Å²) in [6, 6.07) is 14.7. The predicted octanol–water partition coefficient (Wildman–Crippen LogP) is 4.57. The minimum Gasteiger partial charge on any atom is -0.207 e. The number of piperidine rings is 1. The highest BCUT2D eigenvalue weighted by atomic mass is 35.5. The standard InChI is InChI=1S/C18H20ClNO2S/c1-14-4-2-3-13-20(14)23(21,22)18-11-7-16(8-12-18)15-5-9-17(19)10-6-15/h5-12,14H,2-4,13H2,1H3/t14-/m0/s1. The minimum absolute atomic E-state index is 0.0738. The van der Waals surface area contributed by atoms with Crippen LogP contribution >= 0.6 is 11.6 Å². The van der Waals surface area contributed by atoms with Gasteiger partial charge in [0.2, 0.25) is 10.0 Å². The zero-order valence-corrected chi connectivity index (χ0v) is 14.6. The molecule has 122 valence electrons. The molecule has 1 heterocycles. The highest BCUT2D eigenvalue weighted by Crippen LogP contribution is 2.27. The molecular weight excluding hydrogens is 330 g/mol. The van der Waals surface area contributed by atoms with E-state index in [1.54, 1.807) is 16.4 Å². The van der Waals surface area contributed by atoms with Gasteiger partial charge in [0.15, 0.2) is 0 Å². The van der Waals surface area contributed by atoms with Crippen LogP contribution in [0.2, 0.25) is 5.02 Å². The lowest BCUT2D eigenvalue weighted by molar-refractivity contribution is 0.268. The summed E-state index contributed by atoms with van der Waals surface area (Å²) < 4.78 is 27.2. The highest BCUT2D eigenvalue weighted by molar-refractivity contribution is 7.89. The topological polar surface area (TPSA) is 37.4 Å². The van der Waals surface area contributed by atoms with Gasteiger partial charge in [-0.05, 0) is 55.2 Å². The molecule has 1 aliphatic rings. The van der Waals surface area contributed by atoms with Gasteiger partial charge in [-0.25, -0.2) is 8.42 Å². The lowest BCUT2D eigenvalue weighted by atomic mass is 10.1. The van der Waals surface area contributed by atoms with E-state index < -0.39 is 10.0 Å². The average Bonchev–Trinajstić information content (AvgIpc) is 2.56. The molecule has 0 aliphatic carbocycles. The first-order valence-electron chi connectivity index (χ1n) is 7.86. The van der Waals surface area contributed by atoms with Crippen molar-refractivity contribution in [1.82, 2.24) is 4.31 Å². The van der Waals surface area contributed by atoms with Crippen LogP contribution < -0.4 is 0 Å². The Hall–Kier alpha value is -1.36. The fourth-order valence-electron chi connectivity index (χ4n) is 3.03. The maximum absolute atomic E-state index is 12.8. The minimum atomic E-state index is -3.40. The van der Waals surface area contributed by atoms with Crippen molar-refractivity contribution in [2.45, 2.75) is 37.1 Å². The SMILES string of the molecule is C[C@H]1CCCCN1S(=O)(=O)c1ccc(-c2ccc(Cl)cc2)cc1. The molecule has 0 aromatic heterocycles. The second-order valence-corrected chi connectivity index (χ2v) is 8.32. The Morgan fingerprint density at radius 1 is 0.957 bits per heavy atom. The Balaban J connectivity index is 1.88. The van der Waals surface area contributed by atoms with Gasteiger partial charge in [0.05, 0.1) is 4.90 Å². The Bertz CT molecular complexity index is 770. The molecule has 0 spiro atoms. The van der Waals surface area contributed by atoms with E-state index in [-0.39, 0.29) is 6.04 Å². The van der Waals surface area contributed by atoms with E-state index >= 15 is 0 Å². The molecular formula is C18H20ClNO2S. The van der Waals surface area contributed by atoms with E-state index in [1.807, 2.05) is 43.3 Å². The number of hydrogen-bond acceptors (Lipinski definition) is 2. The predicted molar refractivity (Wildman–Crippen MR) is 94.1 cm³/mol. The normalized spacial score (nSPS) is 19.7. The summed E-state index contributed by atoms with van der Waals surface area (Å²) in [4.78, 5) is 0.365. The first-order valence-corrected chi connectivity index (χ1v) is 9.68. The summed E-state index contributed by atoms with van der Waals surface area (Å²) >= 11 is 5.90. The summed E-state index contributed by atoms with van der Waals surface area (Å²) in [5.41, 5.74) is 2.00. The van der Waals surface area contributed by atoms with Crippen LogP contribution in [0.5, 0.6) is 0 Å². The fraction of sp³-hybridized carbons (Fsp3) is 0.333. The first-order chi connectivity index (χ1) is 11.0. The van der Waals surface area contributed by atoms with Gasteiger partial charge in [-0.3, -0.25) is 0 Å². The largest absolute Gasteiger partial charge is 0.243 e. The molecule has 3 nitrogen and oxygen atoms in total. The van der Waals surface area contributed by atoms with Crippen molar-refractivity contribution in [3.63, 3.8) is 0 Å². The van der Waals surface area contributed by atoms with Gasteiger partial charge in [-0.2, -0.15) is 4.31 Å².